The molecule has 1 aliphatic carbocycles. The van der Waals surface area contributed by atoms with E-state index in [-0.39, 0.29) is 41.5 Å². The Bertz CT molecular complexity index is 1100. The first kappa shape index (κ1) is 26.8. The summed E-state index contributed by atoms with van der Waals surface area (Å²) in [4.78, 5) is 27.6. The van der Waals surface area contributed by atoms with Gasteiger partial charge in [0.15, 0.2) is 0 Å². The minimum atomic E-state index is -3.52. The number of rotatable bonds is 13. The van der Waals surface area contributed by atoms with Crippen LogP contribution in [0.3, 0.4) is 0 Å². The smallest absolute Gasteiger partial charge is 0.242 e. The molecule has 2 aromatic rings. The molecule has 1 fully saturated rings. The second-order valence-electron chi connectivity index (χ2n) is 9.01. The van der Waals surface area contributed by atoms with Crippen molar-refractivity contribution in [2.75, 3.05) is 6.54 Å². The third-order valence-electron chi connectivity index (χ3n) is 6.02. The maximum absolute atomic E-state index is 13.3. The lowest BCUT2D eigenvalue weighted by Crippen LogP contribution is -2.47. The number of unbranched alkanes of at least 4 members (excludes halogenated alkanes) is 1. The van der Waals surface area contributed by atoms with Gasteiger partial charge in [-0.15, -0.1) is 0 Å². The number of halogens is 1. The van der Waals surface area contributed by atoms with Crippen LogP contribution in [0.4, 0.5) is 4.39 Å². The van der Waals surface area contributed by atoms with Crippen LogP contribution in [0.15, 0.2) is 53.4 Å². The summed E-state index contributed by atoms with van der Waals surface area (Å²) in [6, 6.07) is 11.7. The standard InChI is InChI=1S/C26H34FN3O4S/c1-3-4-17-28-26(32)19(2)30(18-21-5-10-22(27)11-6-21)25(31)16-9-20-7-14-24(15-8-20)35(33,34)29-23-12-13-23/h5-8,10-11,14-15,19,23,29H,3-4,9,12-13,16-18H2,1-2H3,(H,28,32)/t19-/m0/s1. The van der Waals surface area contributed by atoms with Gasteiger partial charge in [-0.2, -0.15) is 0 Å². The maximum Gasteiger partial charge on any atom is 0.242 e. The molecular formula is C26H34FN3O4S. The van der Waals surface area contributed by atoms with Crippen molar-refractivity contribution in [2.45, 2.75) is 75.9 Å². The molecule has 0 heterocycles. The van der Waals surface area contributed by atoms with E-state index in [4.69, 9.17) is 0 Å². The van der Waals surface area contributed by atoms with E-state index in [1.807, 2.05) is 6.92 Å². The van der Waals surface area contributed by atoms with Crippen LogP contribution >= 0.6 is 0 Å². The number of nitrogens with zero attached hydrogens (tertiary/aromatic N) is 1. The van der Waals surface area contributed by atoms with E-state index in [1.165, 1.54) is 17.0 Å². The van der Waals surface area contributed by atoms with Crippen molar-refractivity contribution in [3.63, 3.8) is 0 Å². The van der Waals surface area contributed by atoms with Gasteiger partial charge in [-0.05, 0) is 68.0 Å². The van der Waals surface area contributed by atoms with E-state index in [2.05, 4.69) is 10.0 Å². The van der Waals surface area contributed by atoms with Crippen LogP contribution in [-0.2, 0) is 32.6 Å². The fourth-order valence-electron chi connectivity index (χ4n) is 3.62. The van der Waals surface area contributed by atoms with Crippen molar-refractivity contribution in [1.29, 1.82) is 0 Å². The molecule has 0 radical (unpaired) electrons. The van der Waals surface area contributed by atoms with Gasteiger partial charge in [0.25, 0.3) is 0 Å². The molecule has 0 spiro atoms. The Morgan fingerprint density at radius 3 is 2.29 bits per heavy atom. The zero-order valence-corrected chi connectivity index (χ0v) is 21.1. The van der Waals surface area contributed by atoms with Crippen LogP contribution in [0, 0.1) is 5.82 Å². The van der Waals surface area contributed by atoms with Crippen molar-refractivity contribution in [2.24, 2.45) is 0 Å². The minimum absolute atomic E-state index is 0.0329. The van der Waals surface area contributed by atoms with Crippen LogP contribution in [-0.4, -0.2) is 43.8 Å². The third-order valence-corrected chi connectivity index (χ3v) is 7.56. The van der Waals surface area contributed by atoms with Crippen molar-refractivity contribution >= 4 is 21.8 Å². The Morgan fingerprint density at radius 1 is 1.06 bits per heavy atom. The molecule has 9 heteroatoms. The Labute approximate surface area is 207 Å². The molecule has 2 amide bonds. The van der Waals surface area contributed by atoms with E-state index in [1.54, 1.807) is 43.3 Å². The lowest BCUT2D eigenvalue weighted by Gasteiger charge is -2.29. The lowest BCUT2D eigenvalue weighted by molar-refractivity contribution is -0.140. The predicted octanol–water partition coefficient (Wildman–Crippen LogP) is 3.53. The van der Waals surface area contributed by atoms with Gasteiger partial charge < -0.3 is 10.2 Å². The molecule has 0 bridgehead atoms. The van der Waals surface area contributed by atoms with Crippen LogP contribution < -0.4 is 10.0 Å². The van der Waals surface area contributed by atoms with Crippen LogP contribution in [0.5, 0.6) is 0 Å². The summed E-state index contributed by atoms with van der Waals surface area (Å²) >= 11 is 0. The normalized spacial score (nSPS) is 14.4. The number of sulfonamides is 1. The molecule has 2 aromatic carbocycles. The number of benzene rings is 2. The first-order chi connectivity index (χ1) is 16.7. The number of hydrogen-bond donors (Lipinski definition) is 2. The fourth-order valence-corrected chi connectivity index (χ4v) is 4.93. The van der Waals surface area contributed by atoms with E-state index >= 15 is 0 Å². The molecule has 0 unspecified atom stereocenters. The first-order valence-electron chi connectivity index (χ1n) is 12.1. The van der Waals surface area contributed by atoms with E-state index in [0.717, 1.165) is 36.8 Å². The average Bonchev–Trinajstić information content (AvgIpc) is 3.65. The van der Waals surface area contributed by atoms with Crippen molar-refractivity contribution in [3.05, 3.63) is 65.5 Å². The van der Waals surface area contributed by atoms with Gasteiger partial charge in [-0.3, -0.25) is 9.59 Å². The summed E-state index contributed by atoms with van der Waals surface area (Å²) in [5, 5.41) is 2.87. The maximum atomic E-state index is 13.3. The second kappa shape index (κ2) is 12.3. The molecule has 7 nitrogen and oxygen atoms in total. The Balaban J connectivity index is 1.65. The number of carbonyl (C=O) groups excluding carboxylic acids is 2. The topological polar surface area (TPSA) is 95.6 Å². The van der Waals surface area contributed by atoms with Gasteiger partial charge >= 0.3 is 0 Å². The third kappa shape index (κ3) is 8.14. The lowest BCUT2D eigenvalue weighted by atomic mass is 10.1. The summed E-state index contributed by atoms with van der Waals surface area (Å²) in [5.74, 6) is -0.805. The van der Waals surface area contributed by atoms with Crippen molar-refractivity contribution < 1.29 is 22.4 Å². The van der Waals surface area contributed by atoms with E-state index in [9.17, 15) is 22.4 Å². The van der Waals surface area contributed by atoms with Crippen molar-refractivity contribution in [3.8, 4) is 0 Å². The summed E-state index contributed by atoms with van der Waals surface area (Å²) in [7, 11) is -3.52. The highest BCUT2D eigenvalue weighted by molar-refractivity contribution is 7.89. The van der Waals surface area contributed by atoms with Crippen LogP contribution in [0.1, 0.15) is 57.1 Å². The highest BCUT2D eigenvalue weighted by atomic mass is 32.2. The first-order valence-corrected chi connectivity index (χ1v) is 13.6. The molecule has 1 saturated carbocycles. The molecule has 0 saturated heterocycles. The van der Waals surface area contributed by atoms with Gasteiger partial charge in [-0.25, -0.2) is 17.5 Å². The highest BCUT2D eigenvalue weighted by Crippen LogP contribution is 2.22. The Hall–Kier alpha value is -2.78. The summed E-state index contributed by atoms with van der Waals surface area (Å²) < 4.78 is 40.7. The number of nitrogens with one attached hydrogen (secondary N) is 2. The minimum Gasteiger partial charge on any atom is -0.354 e. The monoisotopic (exact) mass is 503 g/mol. The molecule has 190 valence electrons. The van der Waals surface area contributed by atoms with Gasteiger partial charge in [0.2, 0.25) is 21.8 Å². The van der Waals surface area contributed by atoms with Crippen LogP contribution in [0.2, 0.25) is 0 Å². The zero-order chi connectivity index (χ0) is 25.4. The molecule has 0 aromatic heterocycles. The van der Waals surface area contributed by atoms with E-state index in [0.29, 0.717) is 13.0 Å². The van der Waals surface area contributed by atoms with Gasteiger partial charge in [-0.1, -0.05) is 37.6 Å². The number of amides is 2. The molecule has 1 atom stereocenters. The molecule has 3 rings (SSSR count). The Kier molecular flexibility index (Phi) is 9.40. The highest BCUT2D eigenvalue weighted by Gasteiger charge is 2.28. The fraction of sp³-hybridized carbons (Fsp3) is 0.462. The molecular weight excluding hydrogens is 469 g/mol. The van der Waals surface area contributed by atoms with Gasteiger partial charge in [0.05, 0.1) is 4.90 Å². The zero-order valence-electron chi connectivity index (χ0n) is 20.3. The number of hydrogen-bond acceptors (Lipinski definition) is 4. The average molecular weight is 504 g/mol. The largest absolute Gasteiger partial charge is 0.354 e. The quantitative estimate of drug-likeness (QED) is 0.409. The second-order valence-corrected chi connectivity index (χ2v) is 10.7. The molecule has 2 N–H and O–H groups in total. The Morgan fingerprint density at radius 2 is 1.69 bits per heavy atom. The summed E-state index contributed by atoms with van der Waals surface area (Å²) in [6.07, 6.45) is 4.08. The van der Waals surface area contributed by atoms with Gasteiger partial charge in [0.1, 0.15) is 11.9 Å². The molecule has 35 heavy (non-hydrogen) atoms. The van der Waals surface area contributed by atoms with Crippen LogP contribution in [0.25, 0.3) is 0 Å². The molecule has 0 aliphatic heterocycles. The number of carbonyl (C=O) groups is 2. The predicted molar refractivity (Wildman–Crippen MR) is 132 cm³/mol. The van der Waals surface area contributed by atoms with E-state index < -0.39 is 16.1 Å². The van der Waals surface area contributed by atoms with Crippen molar-refractivity contribution in [1.82, 2.24) is 14.9 Å². The SMILES string of the molecule is CCCCNC(=O)[C@H](C)N(Cc1ccc(F)cc1)C(=O)CCc1ccc(S(=O)(=O)NC2CC2)cc1. The summed E-state index contributed by atoms with van der Waals surface area (Å²) in [5.41, 5.74) is 1.55. The van der Waals surface area contributed by atoms with Gasteiger partial charge in [0, 0.05) is 25.6 Å². The number of aryl methyl sites for hydroxylation is 1. The molecule has 1 aliphatic rings. The summed E-state index contributed by atoms with van der Waals surface area (Å²) in [6.45, 7) is 4.45.